The molecule has 1 aliphatic heterocycles. The molecule has 0 spiro atoms. The molecule has 3 heteroatoms. The SMILES string of the molecule is c1ccc(-c2csc(N3CCOCC3)c2-c2ccccc2)cc1. The van der Waals surface area contributed by atoms with Gasteiger partial charge < -0.3 is 9.64 Å². The highest BCUT2D eigenvalue weighted by Crippen LogP contribution is 2.44. The Morgan fingerprint density at radius 2 is 1.39 bits per heavy atom. The minimum atomic E-state index is 0.812. The third kappa shape index (κ3) is 2.90. The Bertz CT molecular complexity index is 761. The van der Waals surface area contributed by atoms with Gasteiger partial charge in [-0.15, -0.1) is 11.3 Å². The number of hydrogen-bond donors (Lipinski definition) is 0. The standard InChI is InChI=1S/C20H19NOS/c1-3-7-16(8-4-1)18-15-23-20(21-11-13-22-14-12-21)19(18)17-9-5-2-6-10-17/h1-10,15H,11-14H2. The summed E-state index contributed by atoms with van der Waals surface area (Å²) in [5, 5.41) is 3.65. The fourth-order valence-electron chi connectivity index (χ4n) is 3.06. The summed E-state index contributed by atoms with van der Waals surface area (Å²) in [6, 6.07) is 21.4. The number of benzene rings is 2. The van der Waals surface area contributed by atoms with E-state index in [0.29, 0.717) is 0 Å². The van der Waals surface area contributed by atoms with Gasteiger partial charge in [0, 0.05) is 29.6 Å². The van der Waals surface area contributed by atoms with Crippen LogP contribution in [-0.4, -0.2) is 26.3 Å². The molecule has 1 aromatic heterocycles. The van der Waals surface area contributed by atoms with E-state index in [0.717, 1.165) is 26.3 Å². The zero-order valence-electron chi connectivity index (χ0n) is 12.9. The summed E-state index contributed by atoms with van der Waals surface area (Å²) in [4.78, 5) is 2.46. The van der Waals surface area contributed by atoms with Crippen molar-refractivity contribution in [2.24, 2.45) is 0 Å². The highest BCUT2D eigenvalue weighted by atomic mass is 32.1. The normalized spacial score (nSPS) is 14.9. The molecule has 0 radical (unpaired) electrons. The molecule has 1 saturated heterocycles. The molecule has 23 heavy (non-hydrogen) atoms. The molecule has 1 aliphatic rings. The van der Waals surface area contributed by atoms with Gasteiger partial charge in [0.25, 0.3) is 0 Å². The van der Waals surface area contributed by atoms with E-state index in [2.05, 4.69) is 70.9 Å². The Balaban J connectivity index is 1.85. The number of rotatable bonds is 3. The third-order valence-corrected chi connectivity index (χ3v) is 5.26. The lowest BCUT2D eigenvalue weighted by atomic mass is 9.98. The monoisotopic (exact) mass is 321 g/mol. The topological polar surface area (TPSA) is 12.5 Å². The van der Waals surface area contributed by atoms with Gasteiger partial charge in [0.05, 0.1) is 18.2 Å². The molecular weight excluding hydrogens is 302 g/mol. The van der Waals surface area contributed by atoms with Crippen LogP contribution in [0.5, 0.6) is 0 Å². The van der Waals surface area contributed by atoms with Crippen molar-refractivity contribution in [2.75, 3.05) is 31.2 Å². The summed E-state index contributed by atoms with van der Waals surface area (Å²) in [7, 11) is 0. The Hall–Kier alpha value is -2.10. The molecule has 116 valence electrons. The second-order valence-corrected chi connectivity index (χ2v) is 6.52. The van der Waals surface area contributed by atoms with Crippen LogP contribution in [0.25, 0.3) is 22.3 Å². The van der Waals surface area contributed by atoms with Crippen LogP contribution in [0.1, 0.15) is 0 Å². The van der Waals surface area contributed by atoms with Gasteiger partial charge in [0.2, 0.25) is 0 Å². The van der Waals surface area contributed by atoms with Gasteiger partial charge in [-0.3, -0.25) is 0 Å². The highest BCUT2D eigenvalue weighted by molar-refractivity contribution is 7.15. The lowest BCUT2D eigenvalue weighted by molar-refractivity contribution is 0.123. The Morgan fingerprint density at radius 3 is 2.04 bits per heavy atom. The quantitative estimate of drug-likeness (QED) is 0.679. The van der Waals surface area contributed by atoms with Gasteiger partial charge >= 0.3 is 0 Å². The van der Waals surface area contributed by atoms with Crippen LogP contribution in [0.15, 0.2) is 66.0 Å². The van der Waals surface area contributed by atoms with Gasteiger partial charge in [-0.05, 0) is 11.1 Å². The molecule has 1 fully saturated rings. The molecule has 2 heterocycles. The zero-order valence-corrected chi connectivity index (χ0v) is 13.8. The van der Waals surface area contributed by atoms with Crippen molar-refractivity contribution in [3.63, 3.8) is 0 Å². The Labute approximate surface area is 141 Å². The van der Waals surface area contributed by atoms with E-state index in [1.54, 1.807) is 0 Å². The van der Waals surface area contributed by atoms with Crippen molar-refractivity contribution in [1.29, 1.82) is 0 Å². The highest BCUT2D eigenvalue weighted by Gasteiger charge is 2.21. The van der Waals surface area contributed by atoms with Gasteiger partial charge in [0.1, 0.15) is 0 Å². The predicted octanol–water partition coefficient (Wildman–Crippen LogP) is 4.92. The molecule has 4 rings (SSSR count). The summed E-state index contributed by atoms with van der Waals surface area (Å²) >= 11 is 1.84. The molecule has 0 amide bonds. The van der Waals surface area contributed by atoms with E-state index in [1.165, 1.54) is 27.3 Å². The fourth-order valence-corrected chi connectivity index (χ4v) is 4.22. The lowest BCUT2D eigenvalue weighted by Gasteiger charge is -2.29. The van der Waals surface area contributed by atoms with Crippen LogP contribution < -0.4 is 4.90 Å². The largest absolute Gasteiger partial charge is 0.378 e. The molecule has 2 nitrogen and oxygen atoms in total. The fraction of sp³-hybridized carbons (Fsp3) is 0.200. The van der Waals surface area contributed by atoms with E-state index < -0.39 is 0 Å². The molecular formula is C20H19NOS. The molecule has 2 aromatic carbocycles. The van der Waals surface area contributed by atoms with E-state index >= 15 is 0 Å². The average molecular weight is 321 g/mol. The molecule has 0 saturated carbocycles. The molecule has 3 aromatic rings. The molecule has 0 bridgehead atoms. The third-order valence-electron chi connectivity index (χ3n) is 4.22. The van der Waals surface area contributed by atoms with E-state index in [1.807, 2.05) is 11.3 Å². The van der Waals surface area contributed by atoms with Crippen molar-refractivity contribution in [3.8, 4) is 22.3 Å². The first-order valence-corrected chi connectivity index (χ1v) is 8.86. The first-order chi connectivity index (χ1) is 11.4. The lowest BCUT2D eigenvalue weighted by Crippen LogP contribution is -2.35. The van der Waals surface area contributed by atoms with Crippen molar-refractivity contribution in [3.05, 3.63) is 66.0 Å². The summed E-state index contributed by atoms with van der Waals surface area (Å²) in [6.07, 6.45) is 0. The Kier molecular flexibility index (Phi) is 4.14. The summed E-state index contributed by atoms with van der Waals surface area (Å²) < 4.78 is 5.52. The molecule has 0 unspecified atom stereocenters. The van der Waals surface area contributed by atoms with Crippen molar-refractivity contribution in [2.45, 2.75) is 0 Å². The van der Waals surface area contributed by atoms with Gasteiger partial charge in [-0.1, -0.05) is 60.7 Å². The summed E-state index contributed by atoms with van der Waals surface area (Å²) in [5.41, 5.74) is 5.24. The van der Waals surface area contributed by atoms with Gasteiger partial charge in [-0.2, -0.15) is 0 Å². The smallest absolute Gasteiger partial charge is 0.0996 e. The van der Waals surface area contributed by atoms with Crippen molar-refractivity contribution in [1.82, 2.24) is 0 Å². The average Bonchev–Trinajstić information content (AvgIpc) is 3.09. The first-order valence-electron chi connectivity index (χ1n) is 7.98. The van der Waals surface area contributed by atoms with Crippen molar-refractivity contribution < 1.29 is 4.74 Å². The summed E-state index contributed by atoms with van der Waals surface area (Å²) in [5.74, 6) is 0. The van der Waals surface area contributed by atoms with E-state index in [-0.39, 0.29) is 0 Å². The van der Waals surface area contributed by atoms with E-state index in [4.69, 9.17) is 4.74 Å². The number of morpholine rings is 1. The first kappa shape index (κ1) is 14.5. The maximum Gasteiger partial charge on any atom is 0.0996 e. The number of ether oxygens (including phenoxy) is 1. The van der Waals surface area contributed by atoms with Gasteiger partial charge in [-0.25, -0.2) is 0 Å². The predicted molar refractivity (Wildman–Crippen MR) is 98.2 cm³/mol. The van der Waals surface area contributed by atoms with Crippen LogP contribution in [0.2, 0.25) is 0 Å². The zero-order chi connectivity index (χ0) is 15.5. The van der Waals surface area contributed by atoms with E-state index in [9.17, 15) is 0 Å². The van der Waals surface area contributed by atoms with Crippen LogP contribution in [0, 0.1) is 0 Å². The number of thiophene rings is 1. The minimum Gasteiger partial charge on any atom is -0.378 e. The van der Waals surface area contributed by atoms with Crippen LogP contribution in [0.3, 0.4) is 0 Å². The number of hydrogen-bond acceptors (Lipinski definition) is 3. The minimum absolute atomic E-state index is 0.812. The number of anilines is 1. The molecule has 0 N–H and O–H groups in total. The summed E-state index contributed by atoms with van der Waals surface area (Å²) in [6.45, 7) is 3.56. The number of nitrogens with zero attached hydrogens (tertiary/aromatic N) is 1. The maximum absolute atomic E-state index is 5.52. The molecule has 0 atom stereocenters. The van der Waals surface area contributed by atoms with Crippen LogP contribution in [0.4, 0.5) is 5.00 Å². The second-order valence-electron chi connectivity index (χ2n) is 5.66. The van der Waals surface area contributed by atoms with Crippen LogP contribution in [-0.2, 0) is 4.74 Å². The van der Waals surface area contributed by atoms with Crippen LogP contribution >= 0.6 is 11.3 Å². The second kappa shape index (κ2) is 6.57. The van der Waals surface area contributed by atoms with Crippen molar-refractivity contribution >= 4 is 16.3 Å². The molecule has 0 aliphatic carbocycles. The van der Waals surface area contributed by atoms with Gasteiger partial charge in [0.15, 0.2) is 0 Å². The maximum atomic E-state index is 5.52. The Morgan fingerprint density at radius 1 is 0.783 bits per heavy atom.